The molecule has 3 rings (SSSR count). The van der Waals surface area contributed by atoms with Gasteiger partial charge in [-0.3, -0.25) is 19.4 Å². The van der Waals surface area contributed by atoms with E-state index in [0.717, 1.165) is 22.6 Å². The van der Waals surface area contributed by atoms with Crippen LogP contribution in [-0.4, -0.2) is 45.4 Å². The molecule has 6 heteroatoms. The van der Waals surface area contributed by atoms with E-state index >= 15 is 0 Å². The highest BCUT2D eigenvalue weighted by molar-refractivity contribution is 7.80. The number of rotatable bonds is 2. The molecule has 2 aromatic rings. The minimum Gasteiger partial charge on any atom is -0.318 e. The molecule has 0 saturated carbocycles. The second kappa shape index (κ2) is 6.78. The van der Waals surface area contributed by atoms with Crippen LogP contribution in [0, 0.1) is 27.7 Å². The lowest BCUT2D eigenvalue weighted by molar-refractivity contribution is -0.132. The highest BCUT2D eigenvalue weighted by Gasteiger charge is 2.35. The standard InChI is InChI=1S/C21H23N3O2S/c1-12-7-8-18(13(2)9-12)24-14(3)10-16(15(24)4)11-17-19(25)22(5)21(27)23(6)20(17)26/h7-11H,1-6H3. The summed E-state index contributed by atoms with van der Waals surface area (Å²) in [5.41, 5.74) is 6.46. The van der Waals surface area contributed by atoms with Gasteiger partial charge in [-0.1, -0.05) is 17.7 Å². The van der Waals surface area contributed by atoms with Gasteiger partial charge in [-0.15, -0.1) is 0 Å². The zero-order chi connectivity index (χ0) is 20.0. The van der Waals surface area contributed by atoms with E-state index in [9.17, 15) is 9.59 Å². The predicted molar refractivity (Wildman–Crippen MR) is 111 cm³/mol. The molecule has 0 unspecified atom stereocenters. The third kappa shape index (κ3) is 3.10. The van der Waals surface area contributed by atoms with Crippen molar-refractivity contribution in [2.45, 2.75) is 27.7 Å². The Balaban J connectivity index is 2.12. The number of nitrogens with zero attached hydrogens (tertiary/aromatic N) is 3. The molecule has 0 bridgehead atoms. The first-order chi connectivity index (χ1) is 12.6. The summed E-state index contributed by atoms with van der Waals surface area (Å²) < 4.78 is 2.15. The maximum atomic E-state index is 12.6. The molecule has 1 fully saturated rings. The molecule has 0 atom stereocenters. The van der Waals surface area contributed by atoms with Gasteiger partial charge in [0.1, 0.15) is 5.57 Å². The summed E-state index contributed by atoms with van der Waals surface area (Å²) in [5, 5.41) is 0.211. The second-order valence-corrected chi connectivity index (χ2v) is 7.39. The summed E-state index contributed by atoms with van der Waals surface area (Å²) in [7, 11) is 3.17. The van der Waals surface area contributed by atoms with Gasteiger partial charge in [0.05, 0.1) is 0 Å². The lowest BCUT2D eigenvalue weighted by Gasteiger charge is -2.31. The van der Waals surface area contributed by atoms with Gasteiger partial charge < -0.3 is 4.57 Å². The van der Waals surface area contributed by atoms with Crippen molar-refractivity contribution in [1.29, 1.82) is 0 Å². The van der Waals surface area contributed by atoms with Crippen molar-refractivity contribution < 1.29 is 9.59 Å². The first-order valence-electron chi connectivity index (χ1n) is 8.71. The van der Waals surface area contributed by atoms with Crippen molar-refractivity contribution in [2.75, 3.05) is 14.1 Å². The summed E-state index contributed by atoms with van der Waals surface area (Å²) in [5.74, 6) is -0.751. The van der Waals surface area contributed by atoms with Gasteiger partial charge in [-0.2, -0.15) is 0 Å². The van der Waals surface area contributed by atoms with Crippen molar-refractivity contribution in [1.82, 2.24) is 14.4 Å². The van der Waals surface area contributed by atoms with E-state index in [4.69, 9.17) is 12.2 Å². The summed E-state index contributed by atoms with van der Waals surface area (Å²) in [6.07, 6.45) is 1.67. The Labute approximate surface area is 164 Å². The largest absolute Gasteiger partial charge is 0.318 e. The molecular weight excluding hydrogens is 358 g/mol. The average molecular weight is 382 g/mol. The van der Waals surface area contributed by atoms with Crippen molar-refractivity contribution >= 4 is 35.2 Å². The fourth-order valence-corrected chi connectivity index (χ4v) is 3.66. The molecule has 5 nitrogen and oxygen atoms in total. The highest BCUT2D eigenvalue weighted by atomic mass is 32.1. The number of likely N-dealkylation sites (N-methyl/N-ethyl adjacent to an activating group) is 2. The quantitative estimate of drug-likeness (QED) is 0.455. The molecule has 140 valence electrons. The molecule has 1 aliphatic rings. The number of hydrogen-bond donors (Lipinski definition) is 0. The van der Waals surface area contributed by atoms with Gasteiger partial charge in [-0.05, 0) is 69.2 Å². The van der Waals surface area contributed by atoms with Gasteiger partial charge in [0.25, 0.3) is 11.8 Å². The van der Waals surface area contributed by atoms with Crippen molar-refractivity contribution in [3.05, 3.63) is 57.9 Å². The summed E-state index contributed by atoms with van der Waals surface area (Å²) >= 11 is 5.14. The topological polar surface area (TPSA) is 45.6 Å². The Kier molecular flexibility index (Phi) is 4.78. The third-order valence-electron chi connectivity index (χ3n) is 5.01. The molecular formula is C21H23N3O2S. The summed E-state index contributed by atoms with van der Waals surface area (Å²) in [6, 6.07) is 8.32. The zero-order valence-electron chi connectivity index (χ0n) is 16.5. The van der Waals surface area contributed by atoms with Gasteiger partial charge >= 0.3 is 0 Å². The number of aromatic nitrogens is 1. The minimum absolute atomic E-state index is 0.120. The maximum Gasteiger partial charge on any atom is 0.265 e. The number of carbonyl (C=O) groups excluding carboxylic acids is 2. The van der Waals surface area contributed by atoms with Crippen LogP contribution < -0.4 is 0 Å². The highest BCUT2D eigenvalue weighted by Crippen LogP contribution is 2.27. The van der Waals surface area contributed by atoms with Gasteiger partial charge in [-0.25, -0.2) is 0 Å². The first kappa shape index (κ1) is 19.0. The predicted octanol–water partition coefficient (Wildman–Crippen LogP) is 3.31. The normalized spacial score (nSPS) is 15.0. The number of thiocarbonyl (C=S) groups is 1. The molecule has 0 radical (unpaired) electrons. The van der Waals surface area contributed by atoms with Gasteiger partial charge in [0.15, 0.2) is 5.11 Å². The van der Waals surface area contributed by atoms with Crippen LogP contribution in [0.25, 0.3) is 11.8 Å². The van der Waals surface area contributed by atoms with E-state index in [1.807, 2.05) is 19.9 Å². The van der Waals surface area contributed by atoms with Crippen LogP contribution in [0.2, 0.25) is 0 Å². The number of aryl methyl sites for hydroxylation is 3. The molecule has 1 aliphatic heterocycles. The molecule has 0 spiro atoms. The fourth-order valence-electron chi connectivity index (χ4n) is 3.49. The lowest BCUT2D eigenvalue weighted by Crippen LogP contribution is -2.52. The van der Waals surface area contributed by atoms with Crippen LogP contribution in [0.3, 0.4) is 0 Å². The first-order valence-corrected chi connectivity index (χ1v) is 9.12. The van der Waals surface area contributed by atoms with E-state index in [0.29, 0.717) is 0 Å². The number of amides is 2. The van der Waals surface area contributed by atoms with Crippen LogP contribution in [0.4, 0.5) is 0 Å². The van der Waals surface area contributed by atoms with Crippen LogP contribution in [0.5, 0.6) is 0 Å². The monoisotopic (exact) mass is 381 g/mol. The molecule has 2 amide bonds. The molecule has 27 heavy (non-hydrogen) atoms. The van der Waals surface area contributed by atoms with Gasteiger partial charge in [0, 0.05) is 31.2 Å². The SMILES string of the molecule is Cc1ccc(-n2c(C)cc(C=C3C(=O)N(C)C(=S)N(C)C3=O)c2C)c(C)c1. The van der Waals surface area contributed by atoms with Crippen LogP contribution >= 0.6 is 12.2 Å². The van der Waals surface area contributed by atoms with Crippen molar-refractivity contribution in [3.63, 3.8) is 0 Å². The van der Waals surface area contributed by atoms with E-state index < -0.39 is 0 Å². The molecule has 1 aromatic carbocycles. The average Bonchev–Trinajstić information content (AvgIpc) is 2.89. The molecule has 1 saturated heterocycles. The molecule has 2 heterocycles. The van der Waals surface area contributed by atoms with E-state index in [1.54, 1.807) is 20.2 Å². The number of benzene rings is 1. The fraction of sp³-hybridized carbons (Fsp3) is 0.286. The minimum atomic E-state index is -0.376. The Morgan fingerprint density at radius 3 is 2.07 bits per heavy atom. The van der Waals surface area contributed by atoms with Gasteiger partial charge in [0.2, 0.25) is 0 Å². The Morgan fingerprint density at radius 1 is 0.926 bits per heavy atom. The third-order valence-corrected chi connectivity index (χ3v) is 5.55. The molecule has 0 N–H and O–H groups in total. The van der Waals surface area contributed by atoms with E-state index in [2.05, 4.69) is 36.6 Å². The lowest BCUT2D eigenvalue weighted by atomic mass is 10.1. The maximum absolute atomic E-state index is 12.6. The van der Waals surface area contributed by atoms with Crippen LogP contribution in [0.1, 0.15) is 28.1 Å². The smallest absolute Gasteiger partial charge is 0.265 e. The van der Waals surface area contributed by atoms with E-state index in [-0.39, 0.29) is 22.5 Å². The van der Waals surface area contributed by atoms with Crippen molar-refractivity contribution in [2.24, 2.45) is 0 Å². The molecule has 1 aromatic heterocycles. The Morgan fingerprint density at radius 2 is 1.52 bits per heavy atom. The summed E-state index contributed by atoms with van der Waals surface area (Å²) in [4.78, 5) is 27.8. The van der Waals surface area contributed by atoms with E-state index in [1.165, 1.54) is 20.9 Å². The Hall–Kier alpha value is -2.73. The van der Waals surface area contributed by atoms with Crippen LogP contribution in [-0.2, 0) is 9.59 Å². The Bertz CT molecular complexity index is 991. The second-order valence-electron chi connectivity index (χ2n) is 7.02. The molecule has 0 aliphatic carbocycles. The zero-order valence-corrected chi connectivity index (χ0v) is 17.3. The number of hydrogen-bond acceptors (Lipinski definition) is 3. The number of carbonyl (C=O) groups is 2. The van der Waals surface area contributed by atoms with Crippen LogP contribution in [0.15, 0.2) is 29.8 Å². The van der Waals surface area contributed by atoms with Crippen molar-refractivity contribution in [3.8, 4) is 5.69 Å². The summed E-state index contributed by atoms with van der Waals surface area (Å²) in [6.45, 7) is 8.17.